The zero-order valence-electron chi connectivity index (χ0n) is 9.35. The molecule has 0 atom stereocenters. The molecule has 2 N–H and O–H groups in total. The first kappa shape index (κ1) is 12.2. The number of benzene rings is 1. The van der Waals surface area contributed by atoms with Crippen LogP contribution in [0.1, 0.15) is 11.1 Å². The average molecular weight is 209 g/mol. The minimum Gasteiger partial charge on any atom is -0.395 e. The van der Waals surface area contributed by atoms with Gasteiger partial charge in [-0.2, -0.15) is 0 Å². The van der Waals surface area contributed by atoms with E-state index in [-0.39, 0.29) is 19.3 Å². The third-order valence-electron chi connectivity index (χ3n) is 2.73. The number of rotatable bonds is 5. The summed E-state index contributed by atoms with van der Waals surface area (Å²) in [6, 6.07) is 7.97. The van der Waals surface area contributed by atoms with Gasteiger partial charge >= 0.3 is 0 Å². The van der Waals surface area contributed by atoms with Gasteiger partial charge in [0.15, 0.2) is 0 Å². The highest BCUT2D eigenvalue weighted by atomic mass is 16.3. The highest BCUT2D eigenvalue weighted by Crippen LogP contribution is 2.10. The lowest BCUT2D eigenvalue weighted by atomic mass is 10.1. The van der Waals surface area contributed by atoms with Crippen molar-refractivity contribution < 1.29 is 10.2 Å². The van der Waals surface area contributed by atoms with Crippen molar-refractivity contribution in [2.45, 2.75) is 19.5 Å². The molecule has 0 amide bonds. The van der Waals surface area contributed by atoms with Crippen LogP contribution < -0.4 is 0 Å². The molecule has 0 aromatic heterocycles. The highest BCUT2D eigenvalue weighted by Gasteiger charge is 2.13. The fraction of sp³-hybridized carbons (Fsp3) is 0.500. The summed E-state index contributed by atoms with van der Waals surface area (Å²) in [4.78, 5) is 1.96. The van der Waals surface area contributed by atoms with Crippen molar-refractivity contribution in [2.24, 2.45) is 0 Å². The minimum atomic E-state index is -0.176. The van der Waals surface area contributed by atoms with E-state index < -0.39 is 0 Å². The molecule has 0 saturated carbocycles. The summed E-state index contributed by atoms with van der Waals surface area (Å²) in [5.41, 5.74) is 2.46. The van der Waals surface area contributed by atoms with Gasteiger partial charge in [0.25, 0.3) is 0 Å². The second kappa shape index (κ2) is 5.85. The number of aliphatic hydroxyl groups is 2. The number of hydrogen-bond donors (Lipinski definition) is 2. The Bertz CT molecular complexity index is 297. The molecular weight excluding hydrogens is 190 g/mol. The molecule has 0 radical (unpaired) electrons. The van der Waals surface area contributed by atoms with E-state index in [2.05, 4.69) is 19.1 Å². The Hall–Kier alpha value is -0.900. The normalized spacial score (nSPS) is 11.3. The van der Waals surface area contributed by atoms with Gasteiger partial charge < -0.3 is 10.2 Å². The molecule has 15 heavy (non-hydrogen) atoms. The third-order valence-corrected chi connectivity index (χ3v) is 2.73. The second-order valence-corrected chi connectivity index (χ2v) is 3.86. The monoisotopic (exact) mass is 209 g/mol. The SMILES string of the molecule is Cc1ccccc1CN(C)C(CO)CO. The predicted octanol–water partition coefficient (Wildman–Crippen LogP) is 0.780. The molecule has 0 bridgehead atoms. The molecular formula is C12H19NO2. The summed E-state index contributed by atoms with van der Waals surface area (Å²) < 4.78 is 0. The van der Waals surface area contributed by atoms with Gasteiger partial charge in [-0.3, -0.25) is 4.90 Å². The molecule has 0 saturated heterocycles. The van der Waals surface area contributed by atoms with Crippen molar-refractivity contribution in [1.29, 1.82) is 0 Å². The maximum atomic E-state index is 9.04. The maximum absolute atomic E-state index is 9.04. The summed E-state index contributed by atoms with van der Waals surface area (Å²) in [5.74, 6) is 0. The molecule has 84 valence electrons. The van der Waals surface area contributed by atoms with Crippen molar-refractivity contribution in [2.75, 3.05) is 20.3 Å². The summed E-state index contributed by atoms with van der Waals surface area (Å²) in [6.07, 6.45) is 0. The van der Waals surface area contributed by atoms with Gasteiger partial charge in [-0.05, 0) is 25.1 Å². The summed E-state index contributed by atoms with van der Waals surface area (Å²) in [6.45, 7) is 2.78. The summed E-state index contributed by atoms with van der Waals surface area (Å²) >= 11 is 0. The zero-order chi connectivity index (χ0) is 11.3. The Morgan fingerprint density at radius 3 is 2.33 bits per heavy atom. The van der Waals surface area contributed by atoms with E-state index in [1.165, 1.54) is 11.1 Å². The first-order valence-electron chi connectivity index (χ1n) is 5.15. The van der Waals surface area contributed by atoms with Gasteiger partial charge in [0.2, 0.25) is 0 Å². The molecule has 3 heteroatoms. The number of nitrogens with zero attached hydrogens (tertiary/aromatic N) is 1. The molecule has 0 unspecified atom stereocenters. The van der Waals surface area contributed by atoms with E-state index in [9.17, 15) is 0 Å². The van der Waals surface area contributed by atoms with Crippen molar-refractivity contribution in [1.82, 2.24) is 4.90 Å². The zero-order valence-corrected chi connectivity index (χ0v) is 9.35. The van der Waals surface area contributed by atoms with Crippen LogP contribution in [0, 0.1) is 6.92 Å². The van der Waals surface area contributed by atoms with E-state index in [0.717, 1.165) is 6.54 Å². The Morgan fingerprint density at radius 1 is 1.20 bits per heavy atom. The lowest BCUT2D eigenvalue weighted by molar-refractivity contribution is 0.0872. The molecule has 1 rings (SSSR count). The first-order chi connectivity index (χ1) is 7.19. The van der Waals surface area contributed by atoms with E-state index in [1.54, 1.807) is 0 Å². The topological polar surface area (TPSA) is 43.7 Å². The van der Waals surface area contributed by atoms with Gasteiger partial charge in [-0.1, -0.05) is 24.3 Å². The highest BCUT2D eigenvalue weighted by molar-refractivity contribution is 5.25. The van der Waals surface area contributed by atoms with Crippen molar-refractivity contribution in [3.8, 4) is 0 Å². The molecule has 3 nitrogen and oxygen atoms in total. The van der Waals surface area contributed by atoms with Crippen LogP contribution in [0.4, 0.5) is 0 Å². The minimum absolute atomic E-state index is 0.0150. The summed E-state index contributed by atoms with van der Waals surface area (Å²) in [5, 5.41) is 18.1. The van der Waals surface area contributed by atoms with E-state index in [1.807, 2.05) is 24.1 Å². The third kappa shape index (κ3) is 3.30. The average Bonchev–Trinajstić information content (AvgIpc) is 2.23. The van der Waals surface area contributed by atoms with Crippen molar-refractivity contribution >= 4 is 0 Å². The number of aliphatic hydroxyl groups excluding tert-OH is 2. The van der Waals surface area contributed by atoms with Gasteiger partial charge in [0, 0.05) is 6.54 Å². The number of hydrogen-bond acceptors (Lipinski definition) is 3. The molecule has 0 spiro atoms. The first-order valence-corrected chi connectivity index (χ1v) is 5.15. The predicted molar refractivity (Wildman–Crippen MR) is 60.6 cm³/mol. The fourth-order valence-corrected chi connectivity index (χ4v) is 1.52. The van der Waals surface area contributed by atoms with Crippen LogP contribution in [-0.2, 0) is 6.54 Å². The van der Waals surface area contributed by atoms with Gasteiger partial charge in [0.1, 0.15) is 0 Å². The van der Waals surface area contributed by atoms with Gasteiger partial charge in [0.05, 0.1) is 19.3 Å². The van der Waals surface area contributed by atoms with Crippen LogP contribution in [0.3, 0.4) is 0 Å². The van der Waals surface area contributed by atoms with Crippen LogP contribution in [0.5, 0.6) is 0 Å². The van der Waals surface area contributed by atoms with E-state index in [4.69, 9.17) is 10.2 Å². The lowest BCUT2D eigenvalue weighted by Gasteiger charge is -2.25. The molecule has 1 aromatic carbocycles. The lowest BCUT2D eigenvalue weighted by Crippen LogP contribution is -2.37. The van der Waals surface area contributed by atoms with Gasteiger partial charge in [-0.25, -0.2) is 0 Å². The molecule has 0 aliphatic heterocycles. The van der Waals surface area contributed by atoms with Crippen LogP contribution in [-0.4, -0.2) is 41.4 Å². The molecule has 0 aliphatic rings. The van der Waals surface area contributed by atoms with E-state index in [0.29, 0.717) is 0 Å². The van der Waals surface area contributed by atoms with Crippen LogP contribution in [0.2, 0.25) is 0 Å². The maximum Gasteiger partial charge on any atom is 0.0609 e. The standard InChI is InChI=1S/C12H19NO2/c1-10-5-3-4-6-11(10)7-13(2)12(8-14)9-15/h3-6,12,14-15H,7-9H2,1-2H3. The molecule has 1 aromatic rings. The van der Waals surface area contributed by atoms with Crippen LogP contribution >= 0.6 is 0 Å². The Morgan fingerprint density at radius 2 is 1.80 bits per heavy atom. The Balaban J connectivity index is 2.65. The van der Waals surface area contributed by atoms with Crippen molar-refractivity contribution in [3.63, 3.8) is 0 Å². The molecule has 0 heterocycles. The van der Waals surface area contributed by atoms with Crippen LogP contribution in [0.15, 0.2) is 24.3 Å². The Labute approximate surface area is 91.0 Å². The Kier molecular flexibility index (Phi) is 4.75. The number of likely N-dealkylation sites (N-methyl/N-ethyl adjacent to an activating group) is 1. The number of aryl methyl sites for hydroxylation is 1. The quantitative estimate of drug-likeness (QED) is 0.753. The summed E-state index contributed by atoms with van der Waals surface area (Å²) in [7, 11) is 1.91. The molecule has 0 fully saturated rings. The van der Waals surface area contributed by atoms with E-state index >= 15 is 0 Å². The van der Waals surface area contributed by atoms with Crippen LogP contribution in [0.25, 0.3) is 0 Å². The smallest absolute Gasteiger partial charge is 0.0609 e. The largest absolute Gasteiger partial charge is 0.395 e. The molecule has 0 aliphatic carbocycles. The fourth-order valence-electron chi connectivity index (χ4n) is 1.52. The van der Waals surface area contributed by atoms with Gasteiger partial charge in [-0.15, -0.1) is 0 Å². The van der Waals surface area contributed by atoms with Crippen molar-refractivity contribution in [3.05, 3.63) is 35.4 Å². The second-order valence-electron chi connectivity index (χ2n) is 3.86.